The van der Waals surface area contributed by atoms with E-state index in [-0.39, 0.29) is 23.0 Å². The third-order valence-electron chi connectivity index (χ3n) is 7.51. The molecule has 3 aromatic heterocycles. The van der Waals surface area contributed by atoms with Crippen molar-refractivity contribution in [2.45, 2.75) is 32.6 Å². The predicted octanol–water partition coefficient (Wildman–Crippen LogP) is 6.29. The minimum atomic E-state index is -4.66. The molecule has 3 heterocycles. The van der Waals surface area contributed by atoms with Gasteiger partial charge in [0, 0.05) is 0 Å². The minimum absolute atomic E-state index is 0.0835. The molecule has 262 valence electrons. The molecule has 1 N–H and O–H groups in total. The molecule has 3 aromatic carbocycles. The van der Waals surface area contributed by atoms with Gasteiger partial charge in [-0.1, -0.05) is 42.5 Å². The van der Waals surface area contributed by atoms with Crippen molar-refractivity contribution in [3.63, 3.8) is 0 Å². The van der Waals surface area contributed by atoms with Crippen molar-refractivity contribution in [1.29, 1.82) is 5.26 Å². The lowest BCUT2D eigenvalue weighted by atomic mass is 10.2. The Morgan fingerprint density at radius 3 is 2.20 bits per heavy atom. The van der Waals surface area contributed by atoms with E-state index >= 15 is 0 Å². The molecule has 0 saturated carbocycles. The van der Waals surface area contributed by atoms with Crippen LogP contribution in [0.5, 0.6) is 0 Å². The smallest absolute Gasteiger partial charge is 0.416 e. The van der Waals surface area contributed by atoms with Crippen LogP contribution in [0.15, 0.2) is 106 Å². The molecule has 0 aliphatic rings. The Kier molecular flexibility index (Phi) is 10.4. The molecule has 51 heavy (non-hydrogen) atoms. The summed E-state index contributed by atoms with van der Waals surface area (Å²) < 4.78 is 50.4. The van der Waals surface area contributed by atoms with Gasteiger partial charge in [0.1, 0.15) is 11.7 Å². The Bertz CT molecular complexity index is 2190. The molecule has 0 aliphatic heterocycles. The van der Waals surface area contributed by atoms with Crippen LogP contribution in [0.2, 0.25) is 0 Å². The highest BCUT2D eigenvalue weighted by Gasteiger charge is 2.32. The summed E-state index contributed by atoms with van der Waals surface area (Å²) in [4.78, 5) is 27.8. The Labute approximate surface area is 291 Å². The van der Waals surface area contributed by atoms with Gasteiger partial charge in [-0.3, -0.25) is 4.57 Å². The largest absolute Gasteiger partial charge is 0.418 e. The van der Waals surface area contributed by atoms with Gasteiger partial charge in [-0.25, -0.2) is 18.8 Å². The molecule has 12 nitrogen and oxygen atoms in total. The van der Waals surface area contributed by atoms with Gasteiger partial charge in [0.15, 0.2) is 6.54 Å². The second kappa shape index (κ2) is 14.7. The number of benzene rings is 3. The normalized spacial score (nSPS) is 12.1. The van der Waals surface area contributed by atoms with E-state index in [0.717, 1.165) is 21.3 Å². The number of carbonyl (C=O) groups excluding carboxylic acids is 1. The zero-order valence-electron chi connectivity index (χ0n) is 28.5. The summed E-state index contributed by atoms with van der Waals surface area (Å²) in [6, 6.07) is 24.6. The number of nitriles is 1. The van der Waals surface area contributed by atoms with Crippen LogP contribution >= 0.6 is 0 Å². The standard InChI is InChI=1S/C30H28F3N9O3.C6H6/c1-18(27-38-37-25(45-27)17-42(3,4)5)36-28(43)40-26(24-13-14-35-41(24)22-11-9-20(16-34)10-12-22)19(2)39(29(40)44)23-8-6-7-21(15-23)30(31,32)33;1-2-4-6-5-3-1/h6-15,18H,17H2,1-5H3;1-6H/p+1/t18-;/m0./s1. The number of quaternary nitrogens is 1. The Balaban J connectivity index is 0.000000761. The van der Waals surface area contributed by atoms with Gasteiger partial charge in [0.25, 0.3) is 5.89 Å². The van der Waals surface area contributed by atoms with Crippen molar-refractivity contribution in [2.24, 2.45) is 0 Å². The van der Waals surface area contributed by atoms with Crippen LogP contribution in [0.1, 0.15) is 41.6 Å². The van der Waals surface area contributed by atoms with Crippen LogP contribution in [0.4, 0.5) is 18.0 Å². The first-order chi connectivity index (χ1) is 24.2. The average molecular weight is 699 g/mol. The van der Waals surface area contributed by atoms with Crippen LogP contribution in [0, 0.1) is 18.3 Å². The maximum absolute atomic E-state index is 14.0. The molecular weight excluding hydrogens is 663 g/mol. The maximum atomic E-state index is 14.0. The highest BCUT2D eigenvalue weighted by molar-refractivity contribution is 5.83. The number of halogens is 3. The van der Waals surface area contributed by atoms with E-state index in [1.807, 2.05) is 63.6 Å². The number of nitrogens with one attached hydrogen (secondary N) is 1. The number of aromatic nitrogens is 6. The lowest BCUT2D eigenvalue weighted by Gasteiger charge is -2.21. The number of nitrogens with zero attached hydrogens (tertiary/aromatic N) is 8. The van der Waals surface area contributed by atoms with Gasteiger partial charge < -0.3 is 14.2 Å². The lowest BCUT2D eigenvalue weighted by molar-refractivity contribution is -0.885. The van der Waals surface area contributed by atoms with Gasteiger partial charge in [-0.2, -0.15) is 23.5 Å². The highest BCUT2D eigenvalue weighted by atomic mass is 19.4. The van der Waals surface area contributed by atoms with Gasteiger partial charge in [-0.15, -0.1) is 10.2 Å². The SMILES string of the molecule is Cc1c(-c2ccnn2-c2ccc(C#N)cc2)n(C(=O)N[C@@H](C)c2nnc(C[N+](C)(C)C)o2)c(=O)n1-c1cccc(C(F)(F)F)c1.c1ccccc1. The number of hydrogen-bond acceptors (Lipinski definition) is 7. The van der Waals surface area contributed by atoms with Crippen molar-refractivity contribution in [3.8, 4) is 28.8 Å². The predicted molar refractivity (Wildman–Crippen MR) is 182 cm³/mol. The fourth-order valence-corrected chi connectivity index (χ4v) is 5.19. The molecule has 0 unspecified atom stereocenters. The molecule has 6 rings (SSSR count). The van der Waals surface area contributed by atoms with Crippen LogP contribution in [0.25, 0.3) is 22.8 Å². The molecule has 0 radical (unpaired) electrons. The van der Waals surface area contributed by atoms with Crippen molar-refractivity contribution < 1.29 is 26.9 Å². The molecule has 15 heteroatoms. The third kappa shape index (κ3) is 8.31. The van der Waals surface area contributed by atoms with E-state index < -0.39 is 29.5 Å². The van der Waals surface area contributed by atoms with Gasteiger partial charge in [0.2, 0.25) is 5.89 Å². The first-order valence-corrected chi connectivity index (χ1v) is 15.7. The fourth-order valence-electron chi connectivity index (χ4n) is 5.19. The molecule has 0 spiro atoms. The number of imidazole rings is 1. The fraction of sp³-hybridized carbons (Fsp3) is 0.222. The summed E-state index contributed by atoms with van der Waals surface area (Å²) in [5, 5.41) is 24.3. The summed E-state index contributed by atoms with van der Waals surface area (Å²) in [5.41, 5.74) is -0.456. The maximum Gasteiger partial charge on any atom is 0.416 e. The summed E-state index contributed by atoms with van der Waals surface area (Å²) in [6.45, 7) is 3.56. The number of rotatable bonds is 7. The van der Waals surface area contributed by atoms with Gasteiger partial charge in [0.05, 0.1) is 67.3 Å². The average Bonchev–Trinajstić information content (AvgIpc) is 3.82. The first kappa shape index (κ1) is 36.0. The monoisotopic (exact) mass is 698 g/mol. The topological polar surface area (TPSA) is 137 Å². The lowest BCUT2D eigenvalue weighted by Crippen LogP contribution is -2.38. The molecule has 1 atom stereocenters. The van der Waals surface area contributed by atoms with Crippen LogP contribution in [0.3, 0.4) is 0 Å². The quantitative estimate of drug-likeness (QED) is 0.194. The molecule has 0 bridgehead atoms. The van der Waals surface area contributed by atoms with Crippen LogP contribution in [-0.2, 0) is 12.7 Å². The summed E-state index contributed by atoms with van der Waals surface area (Å²) in [7, 11) is 5.84. The van der Waals surface area contributed by atoms with E-state index in [2.05, 4.69) is 20.6 Å². The molecule has 1 amide bonds. The Morgan fingerprint density at radius 1 is 0.961 bits per heavy atom. The number of hydrogen-bond donors (Lipinski definition) is 1. The Morgan fingerprint density at radius 2 is 1.61 bits per heavy atom. The molecular formula is C36H35F3N9O3+. The molecule has 0 saturated heterocycles. The van der Waals surface area contributed by atoms with Crippen LogP contribution in [-0.4, -0.2) is 60.8 Å². The molecule has 6 aromatic rings. The van der Waals surface area contributed by atoms with E-state index in [1.54, 1.807) is 37.3 Å². The number of carbonyl (C=O) groups is 1. The van der Waals surface area contributed by atoms with Crippen molar-refractivity contribution in [3.05, 3.63) is 136 Å². The molecule has 0 aliphatic carbocycles. The van der Waals surface area contributed by atoms with Gasteiger partial charge in [-0.05, 0) is 62.4 Å². The summed E-state index contributed by atoms with van der Waals surface area (Å²) >= 11 is 0. The van der Waals surface area contributed by atoms with E-state index in [1.165, 1.54) is 29.9 Å². The number of amides is 1. The zero-order valence-corrected chi connectivity index (χ0v) is 28.5. The minimum Gasteiger partial charge on any atom is -0.418 e. The second-order valence-electron chi connectivity index (χ2n) is 12.5. The number of alkyl halides is 3. The Hall–Kier alpha value is -6.27. The van der Waals surface area contributed by atoms with Crippen molar-refractivity contribution in [1.82, 2.24) is 34.4 Å². The van der Waals surface area contributed by atoms with Crippen LogP contribution < -0.4 is 11.0 Å². The van der Waals surface area contributed by atoms with Gasteiger partial charge >= 0.3 is 17.9 Å². The van der Waals surface area contributed by atoms with E-state index in [4.69, 9.17) is 4.42 Å². The van der Waals surface area contributed by atoms with E-state index in [0.29, 0.717) is 33.9 Å². The summed E-state index contributed by atoms with van der Waals surface area (Å²) in [5.74, 6) is 0.465. The van der Waals surface area contributed by atoms with Crippen molar-refractivity contribution in [2.75, 3.05) is 21.1 Å². The van der Waals surface area contributed by atoms with E-state index in [9.17, 15) is 28.0 Å². The highest BCUT2D eigenvalue weighted by Crippen LogP contribution is 2.32. The van der Waals surface area contributed by atoms with Crippen molar-refractivity contribution >= 4 is 6.03 Å². The summed E-state index contributed by atoms with van der Waals surface area (Å²) in [6.07, 6.45) is -3.20. The zero-order chi connectivity index (χ0) is 36.9. The second-order valence-corrected chi connectivity index (χ2v) is 12.5. The first-order valence-electron chi connectivity index (χ1n) is 15.7. The third-order valence-corrected chi connectivity index (χ3v) is 7.51. The molecule has 0 fully saturated rings.